The smallest absolute Gasteiger partial charge is 0.263 e. The molecular formula is C11H7N5O2. The van der Waals surface area contributed by atoms with Gasteiger partial charge in [-0.3, -0.25) is 4.79 Å². The summed E-state index contributed by atoms with van der Waals surface area (Å²) >= 11 is 0. The lowest BCUT2D eigenvalue weighted by molar-refractivity contribution is 0.431. The van der Waals surface area contributed by atoms with Crippen LogP contribution >= 0.6 is 0 Å². The minimum absolute atomic E-state index is 0.150. The topological polar surface area (TPSA) is 97.6 Å². The SMILES string of the molecule is O=c1[nH]cccc1-c1nc(-c2cccnn2)no1. The minimum atomic E-state index is -0.285. The minimum Gasteiger partial charge on any atom is -0.333 e. The Kier molecular flexibility index (Phi) is 2.41. The highest BCUT2D eigenvalue weighted by Gasteiger charge is 2.13. The molecule has 3 heterocycles. The molecule has 3 aromatic heterocycles. The van der Waals surface area contributed by atoms with Gasteiger partial charge in [-0.1, -0.05) is 5.16 Å². The number of aromatic amines is 1. The van der Waals surface area contributed by atoms with Crippen LogP contribution in [0.1, 0.15) is 0 Å². The average molecular weight is 241 g/mol. The highest BCUT2D eigenvalue weighted by atomic mass is 16.5. The van der Waals surface area contributed by atoms with E-state index in [2.05, 4.69) is 25.3 Å². The lowest BCUT2D eigenvalue weighted by atomic mass is 10.3. The maximum absolute atomic E-state index is 11.6. The van der Waals surface area contributed by atoms with Crippen LogP contribution in [0.15, 0.2) is 46.0 Å². The van der Waals surface area contributed by atoms with Crippen molar-refractivity contribution >= 4 is 0 Å². The van der Waals surface area contributed by atoms with E-state index >= 15 is 0 Å². The van der Waals surface area contributed by atoms with Gasteiger partial charge in [0.15, 0.2) is 0 Å². The molecule has 1 N–H and O–H groups in total. The summed E-state index contributed by atoms with van der Waals surface area (Å²) in [4.78, 5) is 18.2. The Morgan fingerprint density at radius 3 is 2.94 bits per heavy atom. The van der Waals surface area contributed by atoms with Crippen LogP contribution in [0, 0.1) is 0 Å². The van der Waals surface area contributed by atoms with Gasteiger partial charge in [0.2, 0.25) is 5.82 Å². The van der Waals surface area contributed by atoms with Crippen molar-refractivity contribution in [3.63, 3.8) is 0 Å². The van der Waals surface area contributed by atoms with Crippen molar-refractivity contribution in [2.45, 2.75) is 0 Å². The highest BCUT2D eigenvalue weighted by molar-refractivity contribution is 5.55. The molecule has 3 rings (SSSR count). The van der Waals surface area contributed by atoms with Crippen LogP contribution in [0.4, 0.5) is 0 Å². The van der Waals surface area contributed by atoms with E-state index in [1.165, 1.54) is 6.20 Å². The molecule has 0 saturated carbocycles. The van der Waals surface area contributed by atoms with E-state index in [4.69, 9.17) is 4.52 Å². The highest BCUT2D eigenvalue weighted by Crippen LogP contribution is 2.17. The van der Waals surface area contributed by atoms with Gasteiger partial charge in [0.25, 0.3) is 11.4 Å². The van der Waals surface area contributed by atoms with Crippen LogP contribution in [0.5, 0.6) is 0 Å². The average Bonchev–Trinajstić information content (AvgIpc) is 2.90. The summed E-state index contributed by atoms with van der Waals surface area (Å²) in [6.07, 6.45) is 3.08. The second-order valence-electron chi connectivity index (χ2n) is 3.44. The molecule has 0 spiro atoms. The molecule has 0 saturated heterocycles. The standard InChI is InChI=1S/C11H7N5O2/c17-10-7(3-1-5-12-10)11-14-9(16-18-11)8-4-2-6-13-15-8/h1-6H,(H,12,17). The van der Waals surface area contributed by atoms with Crippen molar-refractivity contribution in [2.75, 3.05) is 0 Å². The van der Waals surface area contributed by atoms with Crippen molar-refractivity contribution in [3.05, 3.63) is 47.0 Å². The molecule has 0 amide bonds. The van der Waals surface area contributed by atoms with Gasteiger partial charge in [-0.15, -0.1) is 5.10 Å². The van der Waals surface area contributed by atoms with Crippen LogP contribution < -0.4 is 5.56 Å². The van der Waals surface area contributed by atoms with E-state index in [1.54, 1.807) is 30.5 Å². The third-order valence-corrected chi connectivity index (χ3v) is 2.28. The third-order valence-electron chi connectivity index (χ3n) is 2.28. The number of rotatable bonds is 2. The summed E-state index contributed by atoms with van der Waals surface area (Å²) in [5.74, 6) is 0.443. The largest absolute Gasteiger partial charge is 0.333 e. The van der Waals surface area contributed by atoms with Gasteiger partial charge in [-0.05, 0) is 24.3 Å². The Morgan fingerprint density at radius 2 is 2.17 bits per heavy atom. The molecule has 0 unspecified atom stereocenters. The fraction of sp³-hybridized carbons (Fsp3) is 0. The fourth-order valence-corrected chi connectivity index (χ4v) is 1.45. The Morgan fingerprint density at radius 1 is 1.22 bits per heavy atom. The van der Waals surface area contributed by atoms with Crippen LogP contribution in [-0.4, -0.2) is 25.3 Å². The normalized spacial score (nSPS) is 10.4. The number of H-pyrrole nitrogens is 1. The lowest BCUT2D eigenvalue weighted by Gasteiger charge is -1.90. The Balaban J connectivity index is 2.06. The zero-order valence-electron chi connectivity index (χ0n) is 9.07. The summed E-state index contributed by atoms with van der Waals surface area (Å²) < 4.78 is 5.04. The van der Waals surface area contributed by atoms with Crippen molar-refractivity contribution in [3.8, 4) is 23.0 Å². The van der Waals surface area contributed by atoms with E-state index in [9.17, 15) is 4.79 Å². The van der Waals surface area contributed by atoms with E-state index in [1.807, 2.05) is 0 Å². The van der Waals surface area contributed by atoms with Gasteiger partial charge in [0.1, 0.15) is 11.3 Å². The molecule has 7 nitrogen and oxygen atoms in total. The molecule has 0 bridgehead atoms. The molecule has 18 heavy (non-hydrogen) atoms. The monoisotopic (exact) mass is 241 g/mol. The first-order valence-corrected chi connectivity index (χ1v) is 5.14. The van der Waals surface area contributed by atoms with E-state index < -0.39 is 0 Å². The molecule has 0 radical (unpaired) electrons. The van der Waals surface area contributed by atoms with Gasteiger partial charge in [0.05, 0.1) is 0 Å². The van der Waals surface area contributed by atoms with Crippen molar-refractivity contribution < 1.29 is 4.52 Å². The first kappa shape index (κ1) is 10.3. The Bertz CT molecular complexity index is 719. The first-order valence-electron chi connectivity index (χ1n) is 5.14. The zero-order chi connectivity index (χ0) is 12.4. The molecule has 0 aliphatic heterocycles. The number of hydrogen-bond donors (Lipinski definition) is 1. The summed E-state index contributed by atoms with van der Waals surface area (Å²) in [7, 11) is 0. The maximum atomic E-state index is 11.6. The van der Waals surface area contributed by atoms with Crippen LogP contribution in [0.25, 0.3) is 23.0 Å². The first-order chi connectivity index (χ1) is 8.84. The second kappa shape index (κ2) is 4.21. The molecule has 88 valence electrons. The number of pyridine rings is 1. The number of nitrogens with zero attached hydrogens (tertiary/aromatic N) is 4. The van der Waals surface area contributed by atoms with Gasteiger partial charge >= 0.3 is 0 Å². The molecule has 0 atom stereocenters. The van der Waals surface area contributed by atoms with Crippen molar-refractivity contribution in [1.29, 1.82) is 0 Å². The molecule has 0 aliphatic rings. The third kappa shape index (κ3) is 1.77. The van der Waals surface area contributed by atoms with Crippen LogP contribution in [-0.2, 0) is 0 Å². The van der Waals surface area contributed by atoms with Gasteiger partial charge in [-0.2, -0.15) is 10.1 Å². The summed E-state index contributed by atoms with van der Waals surface area (Å²) in [5.41, 5.74) is 0.520. The van der Waals surface area contributed by atoms with E-state index in [0.29, 0.717) is 17.1 Å². The number of hydrogen-bond acceptors (Lipinski definition) is 6. The van der Waals surface area contributed by atoms with E-state index in [-0.39, 0.29) is 11.4 Å². The second-order valence-corrected chi connectivity index (χ2v) is 3.44. The quantitative estimate of drug-likeness (QED) is 0.715. The molecule has 7 heteroatoms. The lowest BCUT2D eigenvalue weighted by Crippen LogP contribution is -2.06. The Hall–Kier alpha value is -2.83. The molecule has 0 aromatic carbocycles. The zero-order valence-corrected chi connectivity index (χ0v) is 9.07. The fourth-order valence-electron chi connectivity index (χ4n) is 1.45. The van der Waals surface area contributed by atoms with Gasteiger partial charge < -0.3 is 9.51 Å². The summed E-state index contributed by atoms with van der Waals surface area (Å²) in [6, 6.07) is 6.71. The summed E-state index contributed by atoms with van der Waals surface area (Å²) in [6.45, 7) is 0. The van der Waals surface area contributed by atoms with Crippen molar-refractivity contribution in [1.82, 2.24) is 25.3 Å². The predicted molar refractivity (Wildman–Crippen MR) is 61.4 cm³/mol. The number of nitrogens with one attached hydrogen (secondary N) is 1. The number of aromatic nitrogens is 5. The molecule has 0 aliphatic carbocycles. The van der Waals surface area contributed by atoms with E-state index in [0.717, 1.165) is 0 Å². The maximum Gasteiger partial charge on any atom is 0.263 e. The van der Waals surface area contributed by atoms with Gasteiger partial charge in [-0.25, -0.2) is 0 Å². The Labute approximate surface area is 101 Å². The van der Waals surface area contributed by atoms with Crippen LogP contribution in [0.3, 0.4) is 0 Å². The molecule has 0 fully saturated rings. The van der Waals surface area contributed by atoms with Gasteiger partial charge in [0, 0.05) is 12.4 Å². The predicted octanol–water partition coefficient (Wildman–Crippen LogP) is 0.882. The van der Waals surface area contributed by atoms with Crippen molar-refractivity contribution in [2.24, 2.45) is 0 Å². The molecular weight excluding hydrogens is 234 g/mol. The summed E-state index contributed by atoms with van der Waals surface area (Å²) in [5, 5.41) is 11.3. The molecule has 3 aromatic rings. The van der Waals surface area contributed by atoms with Crippen LogP contribution in [0.2, 0.25) is 0 Å².